The van der Waals surface area contributed by atoms with E-state index in [0.29, 0.717) is 5.75 Å². The van der Waals surface area contributed by atoms with Gasteiger partial charge in [-0.3, -0.25) is 9.59 Å². The van der Waals surface area contributed by atoms with Gasteiger partial charge in [0.25, 0.3) is 0 Å². The molecule has 122 valence electrons. The maximum Gasteiger partial charge on any atom is 0.320 e. The molecule has 0 aliphatic rings. The molecule has 0 saturated heterocycles. The van der Waals surface area contributed by atoms with Gasteiger partial charge >= 0.3 is 11.9 Å². The van der Waals surface area contributed by atoms with E-state index in [1.54, 1.807) is 20.8 Å². The second kappa shape index (κ2) is 7.29. The highest BCUT2D eigenvalue weighted by Crippen LogP contribution is 2.20. The molecule has 1 unspecified atom stereocenters. The number of carboxylic acids is 1. The van der Waals surface area contributed by atoms with E-state index < -0.39 is 23.5 Å². The smallest absolute Gasteiger partial charge is 0.320 e. The van der Waals surface area contributed by atoms with Gasteiger partial charge in [0.2, 0.25) is 0 Å². The van der Waals surface area contributed by atoms with Crippen molar-refractivity contribution in [1.82, 2.24) is 0 Å². The van der Waals surface area contributed by atoms with Crippen LogP contribution < -0.4 is 4.74 Å². The molecule has 22 heavy (non-hydrogen) atoms. The summed E-state index contributed by atoms with van der Waals surface area (Å²) in [6.45, 7) is 9.16. The molecule has 0 bridgehead atoms. The van der Waals surface area contributed by atoms with Gasteiger partial charge < -0.3 is 14.6 Å². The summed E-state index contributed by atoms with van der Waals surface area (Å²) in [5.74, 6) is -2.45. The van der Waals surface area contributed by atoms with Crippen LogP contribution in [0.1, 0.15) is 38.3 Å². The second-order valence-electron chi connectivity index (χ2n) is 6.33. The van der Waals surface area contributed by atoms with Crippen LogP contribution in [-0.2, 0) is 14.3 Å². The van der Waals surface area contributed by atoms with Crippen molar-refractivity contribution in [3.8, 4) is 5.75 Å². The van der Waals surface area contributed by atoms with E-state index in [1.165, 1.54) is 0 Å². The molecule has 1 aromatic rings. The summed E-state index contributed by atoms with van der Waals surface area (Å²) in [6.07, 6.45) is 0.0670. The second-order valence-corrected chi connectivity index (χ2v) is 6.33. The minimum absolute atomic E-state index is 0.0670. The van der Waals surface area contributed by atoms with Gasteiger partial charge in [-0.15, -0.1) is 0 Å². The third-order valence-electron chi connectivity index (χ3n) is 2.98. The maximum absolute atomic E-state index is 11.9. The molecule has 0 heterocycles. The van der Waals surface area contributed by atoms with Gasteiger partial charge in [-0.25, -0.2) is 0 Å². The molecular formula is C17H24O5. The predicted octanol–water partition coefficient (Wildman–Crippen LogP) is 3.11. The monoisotopic (exact) mass is 308 g/mol. The summed E-state index contributed by atoms with van der Waals surface area (Å²) >= 11 is 0. The number of carboxylic acid groups (broad SMARTS) is 1. The standard InChI is InChI=1S/C17H24O5/c1-11-6-7-14(12(2)10-11)21-9-8-13(15(18)19)16(20)22-17(3,4)5/h6-7,10,13H,8-9H2,1-5H3,(H,18,19). The number of benzene rings is 1. The Morgan fingerprint density at radius 1 is 1.23 bits per heavy atom. The van der Waals surface area contributed by atoms with Crippen LogP contribution in [0.25, 0.3) is 0 Å². The van der Waals surface area contributed by atoms with Crippen molar-refractivity contribution >= 4 is 11.9 Å². The number of aliphatic carboxylic acids is 1. The molecule has 0 radical (unpaired) electrons. The van der Waals surface area contributed by atoms with E-state index in [2.05, 4.69) is 0 Å². The number of esters is 1. The summed E-state index contributed by atoms with van der Waals surface area (Å²) in [5.41, 5.74) is 1.39. The molecule has 0 aliphatic heterocycles. The molecule has 0 spiro atoms. The third-order valence-corrected chi connectivity index (χ3v) is 2.98. The fourth-order valence-electron chi connectivity index (χ4n) is 1.96. The van der Waals surface area contributed by atoms with Crippen LogP contribution in [0, 0.1) is 19.8 Å². The van der Waals surface area contributed by atoms with Gasteiger partial charge in [-0.1, -0.05) is 17.7 Å². The fourth-order valence-corrected chi connectivity index (χ4v) is 1.96. The molecule has 0 amide bonds. The number of carbonyl (C=O) groups excluding carboxylic acids is 1. The highest BCUT2D eigenvalue weighted by atomic mass is 16.6. The molecular weight excluding hydrogens is 284 g/mol. The van der Waals surface area contributed by atoms with Crippen molar-refractivity contribution in [3.63, 3.8) is 0 Å². The molecule has 0 aliphatic carbocycles. The summed E-state index contributed by atoms with van der Waals surface area (Å²) in [6, 6.07) is 5.75. The maximum atomic E-state index is 11.9. The quantitative estimate of drug-likeness (QED) is 0.645. The number of rotatable bonds is 6. The van der Waals surface area contributed by atoms with Gasteiger partial charge in [-0.2, -0.15) is 0 Å². The molecule has 5 nitrogen and oxygen atoms in total. The van der Waals surface area contributed by atoms with Crippen molar-refractivity contribution in [2.45, 2.75) is 46.6 Å². The molecule has 5 heteroatoms. The van der Waals surface area contributed by atoms with Crippen LogP contribution in [0.3, 0.4) is 0 Å². The Morgan fingerprint density at radius 3 is 2.36 bits per heavy atom. The number of hydrogen-bond donors (Lipinski definition) is 1. The van der Waals surface area contributed by atoms with Crippen molar-refractivity contribution in [2.24, 2.45) is 5.92 Å². The number of aryl methyl sites for hydroxylation is 2. The first-order valence-corrected chi connectivity index (χ1v) is 7.26. The Bertz CT molecular complexity index is 542. The van der Waals surface area contributed by atoms with E-state index in [4.69, 9.17) is 9.47 Å². The zero-order valence-corrected chi connectivity index (χ0v) is 13.8. The highest BCUT2D eigenvalue weighted by Gasteiger charge is 2.31. The molecule has 1 aromatic carbocycles. The van der Waals surface area contributed by atoms with E-state index in [-0.39, 0.29) is 13.0 Å². The Kier molecular flexibility index (Phi) is 5.97. The molecule has 0 fully saturated rings. The van der Waals surface area contributed by atoms with Gasteiger partial charge in [-0.05, 0) is 46.2 Å². The van der Waals surface area contributed by atoms with Gasteiger partial charge in [0.05, 0.1) is 6.61 Å². The zero-order chi connectivity index (χ0) is 16.9. The van der Waals surface area contributed by atoms with Crippen LogP contribution in [0.5, 0.6) is 5.75 Å². The molecule has 1 N–H and O–H groups in total. The average molecular weight is 308 g/mol. The summed E-state index contributed by atoms with van der Waals surface area (Å²) in [5, 5.41) is 9.17. The van der Waals surface area contributed by atoms with Crippen LogP contribution in [0.4, 0.5) is 0 Å². The topological polar surface area (TPSA) is 72.8 Å². The van der Waals surface area contributed by atoms with Crippen molar-refractivity contribution < 1.29 is 24.2 Å². The molecule has 1 atom stereocenters. The normalized spacial score (nSPS) is 12.6. The Morgan fingerprint density at radius 2 is 1.86 bits per heavy atom. The number of carbonyl (C=O) groups is 2. The molecule has 1 rings (SSSR count). The van der Waals surface area contributed by atoms with E-state index in [0.717, 1.165) is 11.1 Å². The van der Waals surface area contributed by atoms with E-state index >= 15 is 0 Å². The van der Waals surface area contributed by atoms with Gasteiger partial charge in [0, 0.05) is 6.42 Å². The van der Waals surface area contributed by atoms with Gasteiger partial charge in [0.15, 0.2) is 5.92 Å². The van der Waals surface area contributed by atoms with Gasteiger partial charge in [0.1, 0.15) is 11.4 Å². The van der Waals surface area contributed by atoms with Crippen LogP contribution in [0.15, 0.2) is 18.2 Å². The van der Waals surface area contributed by atoms with Crippen LogP contribution >= 0.6 is 0 Å². The summed E-state index contributed by atoms with van der Waals surface area (Å²) in [4.78, 5) is 23.1. The summed E-state index contributed by atoms with van der Waals surface area (Å²) < 4.78 is 10.7. The molecule has 0 saturated carbocycles. The lowest BCUT2D eigenvalue weighted by Crippen LogP contribution is -2.33. The van der Waals surface area contributed by atoms with Crippen LogP contribution in [-0.4, -0.2) is 29.3 Å². The van der Waals surface area contributed by atoms with Crippen molar-refractivity contribution in [2.75, 3.05) is 6.61 Å². The molecule has 0 aromatic heterocycles. The largest absolute Gasteiger partial charge is 0.493 e. The lowest BCUT2D eigenvalue weighted by atomic mass is 10.1. The Hall–Kier alpha value is -2.04. The predicted molar refractivity (Wildman–Crippen MR) is 83.0 cm³/mol. The minimum atomic E-state index is -1.22. The lowest BCUT2D eigenvalue weighted by Gasteiger charge is -2.22. The Balaban J connectivity index is 2.62. The highest BCUT2D eigenvalue weighted by molar-refractivity contribution is 5.94. The van der Waals surface area contributed by atoms with E-state index in [9.17, 15) is 14.7 Å². The van der Waals surface area contributed by atoms with Crippen LogP contribution in [0.2, 0.25) is 0 Å². The lowest BCUT2D eigenvalue weighted by molar-refractivity contribution is -0.167. The summed E-state index contributed by atoms with van der Waals surface area (Å²) in [7, 11) is 0. The first kappa shape index (κ1) is 18.0. The fraction of sp³-hybridized carbons (Fsp3) is 0.529. The Labute approximate surface area is 131 Å². The minimum Gasteiger partial charge on any atom is -0.493 e. The number of ether oxygens (including phenoxy) is 2. The first-order valence-electron chi connectivity index (χ1n) is 7.26. The average Bonchev–Trinajstić information content (AvgIpc) is 2.33. The SMILES string of the molecule is Cc1ccc(OCCC(C(=O)O)C(=O)OC(C)(C)C)c(C)c1. The van der Waals surface area contributed by atoms with Crippen molar-refractivity contribution in [1.29, 1.82) is 0 Å². The number of hydrogen-bond acceptors (Lipinski definition) is 4. The van der Waals surface area contributed by atoms with E-state index in [1.807, 2.05) is 32.0 Å². The zero-order valence-electron chi connectivity index (χ0n) is 13.8. The van der Waals surface area contributed by atoms with Crippen molar-refractivity contribution in [3.05, 3.63) is 29.3 Å². The third kappa shape index (κ3) is 5.76. The first-order chi connectivity index (χ1) is 10.1.